The van der Waals surface area contributed by atoms with Crippen LogP contribution in [-0.4, -0.2) is 29.2 Å². The topological polar surface area (TPSA) is 89.9 Å². The standard InChI is InChI=1S/C24H28O6/c1-4-6-21-18(9-12-20(16(3)25)24(21)28)15-30-19-10-7-17(8-11-19)22(26)13-14-23(27)29-5-2/h7-12,28H,4-6,13-15H2,1-3H3. The highest BCUT2D eigenvalue weighted by Gasteiger charge is 2.15. The number of phenols is 1. The monoisotopic (exact) mass is 412 g/mol. The molecule has 0 aliphatic heterocycles. The predicted octanol–water partition coefficient (Wildman–Crippen LogP) is 4.65. The van der Waals surface area contributed by atoms with Gasteiger partial charge in [0, 0.05) is 17.5 Å². The Kier molecular flexibility index (Phi) is 8.59. The van der Waals surface area contributed by atoms with Gasteiger partial charge in [-0.25, -0.2) is 0 Å². The quantitative estimate of drug-likeness (QED) is 0.427. The Balaban J connectivity index is 2.03. The molecule has 2 rings (SSSR count). The van der Waals surface area contributed by atoms with Crippen LogP contribution in [0.15, 0.2) is 36.4 Å². The summed E-state index contributed by atoms with van der Waals surface area (Å²) in [5.41, 5.74) is 2.35. The largest absolute Gasteiger partial charge is 0.507 e. The lowest BCUT2D eigenvalue weighted by molar-refractivity contribution is -0.143. The number of benzene rings is 2. The van der Waals surface area contributed by atoms with Crippen molar-refractivity contribution in [3.63, 3.8) is 0 Å². The van der Waals surface area contributed by atoms with Crippen LogP contribution in [0.25, 0.3) is 0 Å². The lowest BCUT2D eigenvalue weighted by Crippen LogP contribution is -2.08. The molecule has 0 unspecified atom stereocenters. The van der Waals surface area contributed by atoms with Gasteiger partial charge in [-0.1, -0.05) is 19.4 Å². The normalized spacial score (nSPS) is 10.5. The fourth-order valence-electron chi connectivity index (χ4n) is 3.12. The Bertz CT molecular complexity index is 899. The number of hydrogen-bond acceptors (Lipinski definition) is 6. The van der Waals surface area contributed by atoms with Gasteiger partial charge in [-0.05, 0) is 56.2 Å². The SMILES string of the molecule is CCCc1c(COc2ccc(C(=O)CCC(=O)OCC)cc2)ccc(C(C)=O)c1O. The highest BCUT2D eigenvalue weighted by Crippen LogP contribution is 2.29. The number of carbonyl (C=O) groups is 3. The molecule has 2 aromatic carbocycles. The fourth-order valence-corrected chi connectivity index (χ4v) is 3.12. The van der Waals surface area contributed by atoms with E-state index in [1.54, 1.807) is 43.3 Å². The van der Waals surface area contributed by atoms with E-state index in [-0.39, 0.29) is 42.7 Å². The van der Waals surface area contributed by atoms with Gasteiger partial charge in [0.05, 0.1) is 18.6 Å². The molecule has 0 saturated carbocycles. The van der Waals surface area contributed by atoms with Crippen molar-refractivity contribution in [2.75, 3.05) is 6.61 Å². The smallest absolute Gasteiger partial charge is 0.306 e. The zero-order valence-electron chi connectivity index (χ0n) is 17.7. The second-order valence-electron chi connectivity index (χ2n) is 6.95. The Morgan fingerprint density at radius 3 is 2.27 bits per heavy atom. The molecule has 0 radical (unpaired) electrons. The average Bonchev–Trinajstić information content (AvgIpc) is 2.73. The number of ether oxygens (including phenoxy) is 2. The maximum atomic E-state index is 12.2. The summed E-state index contributed by atoms with van der Waals surface area (Å²) in [4.78, 5) is 35.2. The van der Waals surface area contributed by atoms with Crippen LogP contribution in [0.5, 0.6) is 11.5 Å². The molecule has 0 spiro atoms. The molecule has 0 aliphatic rings. The summed E-state index contributed by atoms with van der Waals surface area (Å²) >= 11 is 0. The summed E-state index contributed by atoms with van der Waals surface area (Å²) in [6.45, 7) is 5.69. The highest BCUT2D eigenvalue weighted by molar-refractivity contribution is 5.98. The number of carbonyl (C=O) groups excluding carboxylic acids is 3. The summed E-state index contributed by atoms with van der Waals surface area (Å²) in [5.74, 6) is -0.0969. The minimum Gasteiger partial charge on any atom is -0.507 e. The molecule has 0 heterocycles. The molecule has 0 aromatic heterocycles. The van der Waals surface area contributed by atoms with E-state index in [0.717, 1.165) is 17.5 Å². The van der Waals surface area contributed by atoms with E-state index in [2.05, 4.69) is 0 Å². The van der Waals surface area contributed by atoms with E-state index in [0.29, 0.717) is 29.9 Å². The summed E-state index contributed by atoms with van der Waals surface area (Å²) in [7, 11) is 0. The molecule has 0 saturated heterocycles. The van der Waals surface area contributed by atoms with Crippen molar-refractivity contribution in [1.29, 1.82) is 0 Å². The number of esters is 1. The summed E-state index contributed by atoms with van der Waals surface area (Å²) in [6, 6.07) is 10.1. The Morgan fingerprint density at radius 1 is 0.967 bits per heavy atom. The second-order valence-corrected chi connectivity index (χ2v) is 6.95. The summed E-state index contributed by atoms with van der Waals surface area (Å²) < 4.78 is 10.6. The van der Waals surface area contributed by atoms with Crippen molar-refractivity contribution in [2.24, 2.45) is 0 Å². The first kappa shape index (κ1) is 23.1. The molecule has 6 heteroatoms. The minimum atomic E-state index is -0.382. The lowest BCUT2D eigenvalue weighted by atomic mass is 9.97. The molecule has 6 nitrogen and oxygen atoms in total. The van der Waals surface area contributed by atoms with Crippen LogP contribution >= 0.6 is 0 Å². The van der Waals surface area contributed by atoms with E-state index in [4.69, 9.17) is 9.47 Å². The van der Waals surface area contributed by atoms with E-state index in [9.17, 15) is 19.5 Å². The third-order valence-electron chi connectivity index (χ3n) is 4.69. The second kappa shape index (κ2) is 11.1. The molecule has 0 amide bonds. The zero-order chi connectivity index (χ0) is 22.1. The van der Waals surface area contributed by atoms with Gasteiger partial charge in [-0.2, -0.15) is 0 Å². The van der Waals surface area contributed by atoms with Crippen LogP contribution in [0.1, 0.15) is 71.9 Å². The maximum Gasteiger partial charge on any atom is 0.306 e. The van der Waals surface area contributed by atoms with Crippen LogP contribution in [0.2, 0.25) is 0 Å². The van der Waals surface area contributed by atoms with E-state index in [1.807, 2.05) is 6.92 Å². The Hall–Kier alpha value is -3.15. The number of rotatable bonds is 11. The van der Waals surface area contributed by atoms with Gasteiger partial charge in [0.15, 0.2) is 11.6 Å². The van der Waals surface area contributed by atoms with Crippen molar-refractivity contribution in [3.05, 3.63) is 58.7 Å². The first-order chi connectivity index (χ1) is 14.4. The predicted molar refractivity (Wildman–Crippen MR) is 113 cm³/mol. The molecule has 1 N–H and O–H groups in total. The maximum absolute atomic E-state index is 12.2. The average molecular weight is 412 g/mol. The molecule has 160 valence electrons. The Morgan fingerprint density at radius 2 is 1.67 bits per heavy atom. The molecular formula is C24H28O6. The summed E-state index contributed by atoms with van der Waals surface area (Å²) in [6.07, 6.45) is 1.62. The van der Waals surface area contributed by atoms with Gasteiger partial charge >= 0.3 is 5.97 Å². The molecule has 0 bridgehead atoms. The van der Waals surface area contributed by atoms with Gasteiger partial charge in [0.25, 0.3) is 0 Å². The van der Waals surface area contributed by atoms with Gasteiger partial charge in [0.1, 0.15) is 18.1 Å². The highest BCUT2D eigenvalue weighted by atomic mass is 16.5. The van der Waals surface area contributed by atoms with Crippen LogP contribution in [0, 0.1) is 0 Å². The number of phenolic OH excluding ortho intramolecular Hbond substituents is 1. The van der Waals surface area contributed by atoms with Crippen molar-refractivity contribution >= 4 is 17.5 Å². The van der Waals surface area contributed by atoms with Gasteiger partial charge in [-0.3, -0.25) is 14.4 Å². The molecule has 30 heavy (non-hydrogen) atoms. The van der Waals surface area contributed by atoms with Crippen molar-refractivity contribution in [2.45, 2.75) is 53.1 Å². The zero-order valence-corrected chi connectivity index (χ0v) is 17.7. The van der Waals surface area contributed by atoms with Crippen molar-refractivity contribution in [3.8, 4) is 11.5 Å². The molecule has 0 fully saturated rings. The first-order valence-corrected chi connectivity index (χ1v) is 10.1. The first-order valence-electron chi connectivity index (χ1n) is 10.1. The van der Waals surface area contributed by atoms with Crippen LogP contribution < -0.4 is 4.74 Å². The van der Waals surface area contributed by atoms with Crippen molar-refractivity contribution in [1.82, 2.24) is 0 Å². The van der Waals surface area contributed by atoms with Gasteiger partial charge < -0.3 is 14.6 Å². The number of Topliss-reactive ketones (excluding diaryl/α,β-unsaturated/α-hetero) is 2. The van der Waals surface area contributed by atoms with Crippen LogP contribution in [0.4, 0.5) is 0 Å². The molecule has 0 atom stereocenters. The lowest BCUT2D eigenvalue weighted by Gasteiger charge is -2.14. The van der Waals surface area contributed by atoms with E-state index < -0.39 is 0 Å². The minimum absolute atomic E-state index is 0.0213. The van der Waals surface area contributed by atoms with Crippen molar-refractivity contribution < 1.29 is 29.0 Å². The Labute approximate surface area is 176 Å². The van der Waals surface area contributed by atoms with Gasteiger partial charge in [0.2, 0.25) is 0 Å². The van der Waals surface area contributed by atoms with E-state index >= 15 is 0 Å². The van der Waals surface area contributed by atoms with E-state index in [1.165, 1.54) is 6.92 Å². The number of ketones is 2. The third-order valence-corrected chi connectivity index (χ3v) is 4.69. The molecular weight excluding hydrogens is 384 g/mol. The number of aromatic hydroxyl groups is 1. The fraction of sp³-hybridized carbons (Fsp3) is 0.375. The molecule has 2 aromatic rings. The van der Waals surface area contributed by atoms with Gasteiger partial charge in [-0.15, -0.1) is 0 Å². The molecule has 0 aliphatic carbocycles. The number of hydrogen-bond donors (Lipinski definition) is 1. The van der Waals surface area contributed by atoms with Crippen LogP contribution in [-0.2, 0) is 22.6 Å². The van der Waals surface area contributed by atoms with Crippen LogP contribution in [0.3, 0.4) is 0 Å². The third kappa shape index (κ3) is 6.17. The summed E-state index contributed by atoms with van der Waals surface area (Å²) in [5, 5.41) is 10.4.